The van der Waals surface area contributed by atoms with E-state index in [0.29, 0.717) is 30.5 Å². The Labute approximate surface area is 142 Å². The van der Waals surface area contributed by atoms with Crippen LogP contribution in [0.5, 0.6) is 5.75 Å². The Kier molecular flexibility index (Phi) is 3.85. The van der Waals surface area contributed by atoms with Gasteiger partial charge in [0, 0.05) is 34.9 Å². The quantitative estimate of drug-likeness (QED) is 0.502. The van der Waals surface area contributed by atoms with Crippen LogP contribution in [0.2, 0.25) is 0 Å². The van der Waals surface area contributed by atoms with Gasteiger partial charge in [-0.2, -0.15) is 4.98 Å². The molecule has 4 rings (SSSR count). The summed E-state index contributed by atoms with van der Waals surface area (Å²) < 4.78 is 10.9. The van der Waals surface area contributed by atoms with Crippen molar-refractivity contribution < 1.29 is 14.2 Å². The summed E-state index contributed by atoms with van der Waals surface area (Å²) in [5.41, 5.74) is 1.70. The first-order valence-corrected chi connectivity index (χ1v) is 7.80. The molecule has 0 saturated heterocycles. The standard InChI is InChI=1S/C17H14N4O4/c22-21(23)15-8-14(15)17-19-16(20-25-17)12-4-1-5-13(7-12)24-10-11-3-2-6-18-9-11/h1-7,9,14-15H,8,10H2/t14-,15+/m0/s1. The smallest absolute Gasteiger partial charge is 0.237 e. The minimum absolute atomic E-state index is 0.277. The molecule has 1 saturated carbocycles. The molecule has 0 spiro atoms. The number of rotatable bonds is 6. The third-order valence-corrected chi connectivity index (χ3v) is 4.01. The minimum Gasteiger partial charge on any atom is -0.489 e. The average Bonchev–Trinajstić information content (AvgIpc) is 3.31. The van der Waals surface area contributed by atoms with Gasteiger partial charge in [0.05, 0.1) is 0 Å². The van der Waals surface area contributed by atoms with Gasteiger partial charge in [-0.3, -0.25) is 15.1 Å². The van der Waals surface area contributed by atoms with Crippen LogP contribution in [0.1, 0.15) is 23.8 Å². The van der Waals surface area contributed by atoms with Crippen LogP contribution in [0.25, 0.3) is 11.4 Å². The lowest BCUT2D eigenvalue weighted by Gasteiger charge is -2.06. The second-order valence-corrected chi connectivity index (χ2v) is 5.83. The Hall–Kier alpha value is -3.29. The molecule has 2 aromatic heterocycles. The minimum atomic E-state index is -0.609. The zero-order valence-corrected chi connectivity index (χ0v) is 13.1. The summed E-state index contributed by atoms with van der Waals surface area (Å²) in [6.45, 7) is 0.404. The number of hydrogen-bond acceptors (Lipinski definition) is 7. The first kappa shape index (κ1) is 15.3. The van der Waals surface area contributed by atoms with Gasteiger partial charge in [0.2, 0.25) is 17.8 Å². The fraction of sp³-hybridized carbons (Fsp3) is 0.235. The molecule has 2 heterocycles. The van der Waals surface area contributed by atoms with Crippen LogP contribution < -0.4 is 4.74 Å². The molecule has 0 amide bonds. The van der Waals surface area contributed by atoms with E-state index in [9.17, 15) is 10.1 Å². The van der Waals surface area contributed by atoms with Gasteiger partial charge < -0.3 is 9.26 Å². The summed E-state index contributed by atoms with van der Waals surface area (Å²) in [5, 5.41) is 14.7. The molecule has 0 bridgehead atoms. The highest BCUT2D eigenvalue weighted by molar-refractivity contribution is 5.57. The van der Waals surface area contributed by atoms with E-state index >= 15 is 0 Å². The van der Waals surface area contributed by atoms with E-state index in [0.717, 1.165) is 11.1 Å². The SMILES string of the molecule is O=[N+]([O-])[C@@H]1C[C@@H]1c1nc(-c2cccc(OCc3cccnc3)c2)no1. The number of ether oxygens (including phenoxy) is 1. The molecule has 1 aromatic carbocycles. The summed E-state index contributed by atoms with van der Waals surface area (Å²) in [5.74, 6) is 1.11. The number of aromatic nitrogens is 3. The molecule has 0 unspecified atom stereocenters. The fourth-order valence-electron chi connectivity index (χ4n) is 2.56. The molecule has 3 aromatic rings. The van der Waals surface area contributed by atoms with E-state index in [1.54, 1.807) is 12.4 Å². The lowest BCUT2D eigenvalue weighted by molar-refractivity contribution is -0.496. The summed E-state index contributed by atoms with van der Waals surface area (Å²) in [6, 6.07) is 10.5. The Balaban J connectivity index is 1.46. The van der Waals surface area contributed by atoms with Gasteiger partial charge in [-0.05, 0) is 18.2 Å². The number of benzene rings is 1. The summed E-state index contributed by atoms with van der Waals surface area (Å²) in [6.07, 6.45) is 3.90. The van der Waals surface area contributed by atoms with Crippen molar-refractivity contribution in [2.75, 3.05) is 0 Å². The van der Waals surface area contributed by atoms with E-state index < -0.39 is 6.04 Å². The van der Waals surface area contributed by atoms with Crippen LogP contribution >= 0.6 is 0 Å². The van der Waals surface area contributed by atoms with Gasteiger partial charge in [0.25, 0.3) is 0 Å². The highest BCUT2D eigenvalue weighted by atomic mass is 16.6. The number of hydrogen-bond donors (Lipinski definition) is 0. The molecule has 2 atom stereocenters. The maximum Gasteiger partial charge on any atom is 0.237 e. The monoisotopic (exact) mass is 338 g/mol. The van der Waals surface area contributed by atoms with Crippen LogP contribution in [0.4, 0.5) is 0 Å². The molecule has 8 heteroatoms. The van der Waals surface area contributed by atoms with Crippen LogP contribution in [0.3, 0.4) is 0 Å². The zero-order chi connectivity index (χ0) is 17.2. The van der Waals surface area contributed by atoms with Gasteiger partial charge in [-0.1, -0.05) is 23.4 Å². The van der Waals surface area contributed by atoms with Gasteiger partial charge in [0.1, 0.15) is 18.3 Å². The summed E-state index contributed by atoms with van der Waals surface area (Å²) >= 11 is 0. The number of nitrogens with zero attached hydrogens (tertiary/aromatic N) is 4. The average molecular weight is 338 g/mol. The largest absolute Gasteiger partial charge is 0.489 e. The van der Waals surface area contributed by atoms with Gasteiger partial charge in [-0.25, -0.2) is 0 Å². The number of nitro groups is 1. The molecule has 1 aliphatic carbocycles. The van der Waals surface area contributed by atoms with Crippen LogP contribution in [-0.2, 0) is 6.61 Å². The molecular formula is C17H14N4O4. The Morgan fingerprint density at radius 3 is 3.00 bits per heavy atom. The molecule has 0 aliphatic heterocycles. The molecule has 25 heavy (non-hydrogen) atoms. The van der Waals surface area contributed by atoms with Gasteiger partial charge in [0.15, 0.2) is 0 Å². The summed E-state index contributed by atoms with van der Waals surface area (Å²) in [7, 11) is 0. The zero-order valence-electron chi connectivity index (χ0n) is 13.1. The van der Waals surface area contributed by atoms with Crippen LogP contribution in [0.15, 0.2) is 53.3 Å². The first-order valence-electron chi connectivity index (χ1n) is 7.80. The fourth-order valence-corrected chi connectivity index (χ4v) is 2.56. The summed E-state index contributed by atoms with van der Waals surface area (Å²) in [4.78, 5) is 18.8. The van der Waals surface area contributed by atoms with E-state index in [4.69, 9.17) is 9.26 Å². The van der Waals surface area contributed by atoms with Crippen molar-refractivity contribution in [2.45, 2.75) is 25.0 Å². The van der Waals surface area contributed by atoms with E-state index in [1.807, 2.05) is 36.4 Å². The van der Waals surface area contributed by atoms with Crippen molar-refractivity contribution in [3.8, 4) is 17.1 Å². The third-order valence-electron chi connectivity index (χ3n) is 4.01. The van der Waals surface area contributed by atoms with Crippen molar-refractivity contribution in [2.24, 2.45) is 0 Å². The van der Waals surface area contributed by atoms with Crippen molar-refractivity contribution in [3.63, 3.8) is 0 Å². The van der Waals surface area contributed by atoms with Crippen molar-refractivity contribution in [1.29, 1.82) is 0 Å². The predicted octanol–water partition coefficient (Wildman–Crippen LogP) is 2.84. The van der Waals surface area contributed by atoms with E-state index in [-0.39, 0.29) is 10.8 Å². The first-order chi connectivity index (χ1) is 12.2. The molecule has 8 nitrogen and oxygen atoms in total. The van der Waals surface area contributed by atoms with Crippen LogP contribution in [-0.4, -0.2) is 26.1 Å². The van der Waals surface area contributed by atoms with Crippen molar-refractivity contribution in [1.82, 2.24) is 15.1 Å². The maximum absolute atomic E-state index is 10.8. The third kappa shape index (κ3) is 3.32. The second-order valence-electron chi connectivity index (χ2n) is 5.83. The van der Waals surface area contributed by atoms with E-state index in [1.165, 1.54) is 0 Å². The molecule has 1 fully saturated rings. The molecule has 126 valence electrons. The van der Waals surface area contributed by atoms with Crippen molar-refractivity contribution in [3.05, 3.63) is 70.4 Å². The van der Waals surface area contributed by atoms with Crippen LogP contribution in [0, 0.1) is 10.1 Å². The highest BCUT2D eigenvalue weighted by Crippen LogP contribution is 2.42. The predicted molar refractivity (Wildman–Crippen MR) is 86.4 cm³/mol. The topological polar surface area (TPSA) is 104 Å². The Morgan fingerprint density at radius 2 is 2.24 bits per heavy atom. The lowest BCUT2D eigenvalue weighted by Crippen LogP contribution is -2.02. The molecule has 1 aliphatic rings. The molecule has 0 N–H and O–H groups in total. The normalized spacial score (nSPS) is 18.7. The Morgan fingerprint density at radius 1 is 1.32 bits per heavy atom. The van der Waals surface area contributed by atoms with Gasteiger partial charge in [-0.15, -0.1) is 0 Å². The second kappa shape index (κ2) is 6.31. The number of pyridine rings is 1. The highest BCUT2D eigenvalue weighted by Gasteiger charge is 2.53. The van der Waals surface area contributed by atoms with Gasteiger partial charge >= 0.3 is 0 Å². The van der Waals surface area contributed by atoms with Crippen molar-refractivity contribution >= 4 is 0 Å². The molecule has 0 radical (unpaired) electrons. The lowest BCUT2D eigenvalue weighted by atomic mass is 10.2. The Bertz CT molecular complexity index is 896. The maximum atomic E-state index is 10.8. The molecular weight excluding hydrogens is 324 g/mol. The van der Waals surface area contributed by atoms with E-state index in [2.05, 4.69) is 15.1 Å².